The van der Waals surface area contributed by atoms with Crippen molar-refractivity contribution < 1.29 is 4.79 Å². The van der Waals surface area contributed by atoms with Crippen molar-refractivity contribution in [1.29, 1.82) is 0 Å². The molecule has 0 spiro atoms. The molecule has 0 aromatic heterocycles. The van der Waals surface area contributed by atoms with Crippen molar-refractivity contribution >= 4 is 17.7 Å². The van der Waals surface area contributed by atoms with Crippen LogP contribution in [0.15, 0.2) is 0 Å². The Labute approximate surface area is 108 Å². The summed E-state index contributed by atoms with van der Waals surface area (Å²) in [4.78, 5) is 14.8. The van der Waals surface area contributed by atoms with E-state index in [1.54, 1.807) is 0 Å². The molecule has 1 aliphatic carbocycles. The van der Waals surface area contributed by atoms with E-state index in [0.717, 1.165) is 19.4 Å². The summed E-state index contributed by atoms with van der Waals surface area (Å²) in [5.74, 6) is 2.88. The monoisotopic (exact) mass is 254 g/mol. The predicted molar refractivity (Wildman–Crippen MR) is 71.2 cm³/mol. The summed E-state index contributed by atoms with van der Waals surface area (Å²) < 4.78 is 0. The third-order valence-electron chi connectivity index (χ3n) is 4.14. The lowest BCUT2D eigenvalue weighted by Crippen LogP contribution is -2.50. The summed E-state index contributed by atoms with van der Waals surface area (Å²) in [5.41, 5.74) is 0. The maximum absolute atomic E-state index is 12.6. The van der Waals surface area contributed by atoms with Gasteiger partial charge >= 0.3 is 0 Å². The van der Waals surface area contributed by atoms with Crippen LogP contribution in [0.4, 0.5) is 0 Å². The molecule has 0 radical (unpaired) electrons. The number of thioether (sulfide) groups is 1. The van der Waals surface area contributed by atoms with E-state index in [1.807, 2.05) is 11.8 Å². The van der Waals surface area contributed by atoms with Gasteiger partial charge in [0.15, 0.2) is 0 Å². The Morgan fingerprint density at radius 3 is 2.35 bits per heavy atom. The topological polar surface area (TPSA) is 32.3 Å². The fourth-order valence-electron chi connectivity index (χ4n) is 3.05. The van der Waals surface area contributed by atoms with Crippen LogP contribution in [-0.4, -0.2) is 47.0 Å². The van der Waals surface area contributed by atoms with E-state index in [2.05, 4.69) is 10.2 Å². The molecule has 1 amide bonds. The lowest BCUT2D eigenvalue weighted by molar-refractivity contribution is -0.136. The quantitative estimate of drug-likeness (QED) is 0.831. The van der Waals surface area contributed by atoms with Crippen LogP contribution in [-0.2, 0) is 4.79 Å². The molecule has 2 heterocycles. The number of hydrogen-bond donors (Lipinski definition) is 1. The van der Waals surface area contributed by atoms with Gasteiger partial charge in [0, 0.05) is 12.1 Å². The second kappa shape index (κ2) is 5.19. The fraction of sp³-hybridized carbons (Fsp3) is 0.923. The molecule has 96 valence electrons. The lowest BCUT2D eigenvalue weighted by atomic mass is 10.1. The smallest absolute Gasteiger partial charge is 0.240 e. The number of carbonyl (C=O) groups is 1. The molecule has 3 rings (SSSR count). The summed E-state index contributed by atoms with van der Waals surface area (Å²) in [6.45, 7) is 1.02. The normalized spacial score (nSPS) is 30.5. The molecule has 2 saturated heterocycles. The van der Waals surface area contributed by atoms with E-state index in [0.29, 0.717) is 18.0 Å². The van der Waals surface area contributed by atoms with Gasteiger partial charge in [0.25, 0.3) is 0 Å². The van der Waals surface area contributed by atoms with Crippen LogP contribution in [0, 0.1) is 0 Å². The van der Waals surface area contributed by atoms with Gasteiger partial charge in [-0.2, -0.15) is 11.8 Å². The molecule has 0 aromatic rings. The summed E-state index contributed by atoms with van der Waals surface area (Å²) in [6.07, 6.45) is 7.10. The maximum Gasteiger partial charge on any atom is 0.240 e. The van der Waals surface area contributed by atoms with Crippen molar-refractivity contribution in [3.63, 3.8) is 0 Å². The standard InChI is InChI=1S/C13H22N2OS/c16-13(12-2-1-7-14-12)15(10-3-4-10)11-5-8-17-9-6-11/h10-12,14H,1-9H2/t12-/m1/s1. The first-order chi connectivity index (χ1) is 8.36. The number of nitrogens with zero attached hydrogens (tertiary/aromatic N) is 1. The van der Waals surface area contributed by atoms with Crippen molar-refractivity contribution in [2.75, 3.05) is 18.1 Å². The molecule has 0 unspecified atom stereocenters. The molecule has 3 nitrogen and oxygen atoms in total. The molecule has 4 heteroatoms. The second-order valence-corrected chi connectivity index (χ2v) is 6.69. The van der Waals surface area contributed by atoms with Gasteiger partial charge in [-0.25, -0.2) is 0 Å². The zero-order valence-corrected chi connectivity index (χ0v) is 11.2. The van der Waals surface area contributed by atoms with Crippen LogP contribution < -0.4 is 5.32 Å². The molecule has 0 aromatic carbocycles. The maximum atomic E-state index is 12.6. The average Bonchev–Trinajstić information content (AvgIpc) is 3.04. The number of nitrogens with one attached hydrogen (secondary N) is 1. The Bertz CT molecular complexity index is 281. The summed E-state index contributed by atoms with van der Waals surface area (Å²) >= 11 is 2.04. The summed E-state index contributed by atoms with van der Waals surface area (Å²) in [5, 5.41) is 3.36. The molecule has 1 N–H and O–H groups in total. The van der Waals surface area contributed by atoms with E-state index >= 15 is 0 Å². The van der Waals surface area contributed by atoms with Crippen molar-refractivity contribution in [1.82, 2.24) is 10.2 Å². The van der Waals surface area contributed by atoms with Crippen molar-refractivity contribution in [3.05, 3.63) is 0 Å². The number of hydrogen-bond acceptors (Lipinski definition) is 3. The Hall–Kier alpha value is -0.220. The second-order valence-electron chi connectivity index (χ2n) is 5.47. The van der Waals surface area contributed by atoms with Gasteiger partial charge in [-0.3, -0.25) is 4.79 Å². The van der Waals surface area contributed by atoms with Gasteiger partial charge in [0.1, 0.15) is 0 Å². The van der Waals surface area contributed by atoms with Crippen LogP contribution >= 0.6 is 11.8 Å². The molecule has 1 atom stereocenters. The van der Waals surface area contributed by atoms with E-state index < -0.39 is 0 Å². The van der Waals surface area contributed by atoms with Gasteiger partial charge in [-0.15, -0.1) is 0 Å². The molecule has 17 heavy (non-hydrogen) atoms. The van der Waals surface area contributed by atoms with Crippen LogP contribution in [0.3, 0.4) is 0 Å². The molecule has 0 bridgehead atoms. The Morgan fingerprint density at radius 2 is 1.76 bits per heavy atom. The number of amides is 1. The minimum atomic E-state index is 0.130. The fourth-order valence-corrected chi connectivity index (χ4v) is 4.13. The molecular formula is C13H22N2OS. The highest BCUT2D eigenvalue weighted by atomic mass is 32.2. The van der Waals surface area contributed by atoms with E-state index in [4.69, 9.17) is 0 Å². The highest BCUT2D eigenvalue weighted by Gasteiger charge is 2.40. The third kappa shape index (κ3) is 2.63. The molecule has 3 aliphatic rings. The predicted octanol–water partition coefficient (Wildman–Crippen LogP) is 1.62. The van der Waals surface area contributed by atoms with Gasteiger partial charge in [0.2, 0.25) is 5.91 Å². The van der Waals surface area contributed by atoms with Crippen molar-refractivity contribution in [2.45, 2.75) is 56.7 Å². The van der Waals surface area contributed by atoms with Crippen LogP contribution in [0.5, 0.6) is 0 Å². The Morgan fingerprint density at radius 1 is 1.06 bits per heavy atom. The molecule has 2 aliphatic heterocycles. The van der Waals surface area contributed by atoms with Gasteiger partial charge < -0.3 is 10.2 Å². The molecule has 1 saturated carbocycles. The Kier molecular flexibility index (Phi) is 3.61. The SMILES string of the molecule is O=C([C@H]1CCCN1)N(C1CCSCC1)C1CC1. The summed E-state index contributed by atoms with van der Waals surface area (Å²) in [7, 11) is 0. The van der Waals surface area contributed by atoms with E-state index in [-0.39, 0.29) is 6.04 Å². The Balaban J connectivity index is 1.67. The molecular weight excluding hydrogens is 232 g/mol. The highest BCUT2D eigenvalue weighted by molar-refractivity contribution is 7.99. The van der Waals surface area contributed by atoms with Crippen LogP contribution in [0.1, 0.15) is 38.5 Å². The van der Waals surface area contributed by atoms with Crippen LogP contribution in [0.2, 0.25) is 0 Å². The third-order valence-corrected chi connectivity index (χ3v) is 5.19. The van der Waals surface area contributed by atoms with E-state index in [9.17, 15) is 4.79 Å². The first kappa shape index (κ1) is 11.8. The molecule has 3 fully saturated rings. The minimum Gasteiger partial charge on any atom is -0.335 e. The summed E-state index contributed by atoms with van der Waals surface area (Å²) in [6, 6.07) is 1.25. The average molecular weight is 254 g/mol. The highest BCUT2D eigenvalue weighted by Crippen LogP contribution is 2.34. The number of rotatable bonds is 3. The van der Waals surface area contributed by atoms with Crippen LogP contribution in [0.25, 0.3) is 0 Å². The van der Waals surface area contributed by atoms with Gasteiger partial charge in [-0.1, -0.05) is 0 Å². The van der Waals surface area contributed by atoms with Gasteiger partial charge in [0.05, 0.1) is 6.04 Å². The first-order valence-electron chi connectivity index (χ1n) is 6.99. The lowest BCUT2D eigenvalue weighted by Gasteiger charge is -2.36. The first-order valence-corrected chi connectivity index (χ1v) is 8.15. The van der Waals surface area contributed by atoms with Gasteiger partial charge in [-0.05, 0) is 56.6 Å². The van der Waals surface area contributed by atoms with Crippen molar-refractivity contribution in [2.24, 2.45) is 0 Å². The zero-order valence-electron chi connectivity index (χ0n) is 10.4. The minimum absolute atomic E-state index is 0.130. The van der Waals surface area contributed by atoms with E-state index in [1.165, 1.54) is 37.2 Å². The zero-order chi connectivity index (χ0) is 11.7. The van der Waals surface area contributed by atoms with Crippen molar-refractivity contribution in [3.8, 4) is 0 Å². The largest absolute Gasteiger partial charge is 0.335 e. The number of carbonyl (C=O) groups excluding carboxylic acids is 1.